The van der Waals surface area contributed by atoms with Gasteiger partial charge in [-0.3, -0.25) is 0 Å². The average Bonchev–Trinajstić information content (AvgIpc) is 2.84. The minimum absolute atomic E-state index is 0.549. The van der Waals surface area contributed by atoms with Crippen LogP contribution < -0.4 is 5.73 Å². The van der Waals surface area contributed by atoms with Gasteiger partial charge < -0.3 is 5.73 Å². The Kier molecular flexibility index (Phi) is 2.05. The standard InChI is InChI=1S/C10H12N4S/c11-7-5-12-10-4-8(13-14(10)6-7)9-2-1-3-15-9/h4-6,9H,1-3,11H2. The molecule has 0 radical (unpaired) electrons. The normalized spacial score (nSPS) is 21.2. The smallest absolute Gasteiger partial charge is 0.155 e. The van der Waals surface area contributed by atoms with E-state index in [0.29, 0.717) is 10.9 Å². The molecule has 0 amide bonds. The zero-order valence-electron chi connectivity index (χ0n) is 8.26. The summed E-state index contributed by atoms with van der Waals surface area (Å²) in [4.78, 5) is 4.24. The first kappa shape index (κ1) is 9.03. The Hall–Kier alpha value is -1.23. The summed E-state index contributed by atoms with van der Waals surface area (Å²) in [6.45, 7) is 0. The summed E-state index contributed by atoms with van der Waals surface area (Å²) >= 11 is 1.98. The number of nitrogens with zero attached hydrogens (tertiary/aromatic N) is 3. The van der Waals surface area contributed by atoms with Crippen molar-refractivity contribution in [1.82, 2.24) is 14.6 Å². The van der Waals surface area contributed by atoms with E-state index in [4.69, 9.17) is 5.73 Å². The fourth-order valence-corrected chi connectivity index (χ4v) is 3.11. The summed E-state index contributed by atoms with van der Waals surface area (Å²) < 4.78 is 1.77. The van der Waals surface area contributed by atoms with Crippen LogP contribution in [-0.4, -0.2) is 20.4 Å². The third-order valence-electron chi connectivity index (χ3n) is 2.61. The van der Waals surface area contributed by atoms with E-state index < -0.39 is 0 Å². The van der Waals surface area contributed by atoms with Gasteiger partial charge in [-0.15, -0.1) is 0 Å². The summed E-state index contributed by atoms with van der Waals surface area (Å²) in [5.41, 5.74) is 8.32. The molecule has 0 aromatic carbocycles. The summed E-state index contributed by atoms with van der Waals surface area (Å²) in [7, 11) is 0. The lowest BCUT2D eigenvalue weighted by atomic mass is 10.2. The molecule has 4 nitrogen and oxygen atoms in total. The van der Waals surface area contributed by atoms with Gasteiger partial charge in [0.15, 0.2) is 5.65 Å². The number of anilines is 1. The highest BCUT2D eigenvalue weighted by molar-refractivity contribution is 7.99. The van der Waals surface area contributed by atoms with Crippen molar-refractivity contribution in [2.45, 2.75) is 18.1 Å². The Labute approximate surface area is 91.9 Å². The van der Waals surface area contributed by atoms with Gasteiger partial charge >= 0.3 is 0 Å². The Bertz CT molecular complexity index is 487. The number of thioether (sulfide) groups is 1. The first-order chi connectivity index (χ1) is 7.33. The number of fused-ring (bicyclic) bond motifs is 1. The Morgan fingerprint density at radius 3 is 3.27 bits per heavy atom. The lowest BCUT2D eigenvalue weighted by Crippen LogP contribution is -1.95. The van der Waals surface area contributed by atoms with Crippen molar-refractivity contribution in [2.75, 3.05) is 11.5 Å². The van der Waals surface area contributed by atoms with Gasteiger partial charge in [-0.1, -0.05) is 0 Å². The van der Waals surface area contributed by atoms with Gasteiger partial charge in [-0.2, -0.15) is 16.9 Å². The maximum atomic E-state index is 5.66. The van der Waals surface area contributed by atoms with Crippen LogP contribution in [-0.2, 0) is 0 Å². The van der Waals surface area contributed by atoms with Crippen LogP contribution >= 0.6 is 11.8 Å². The van der Waals surface area contributed by atoms with E-state index in [2.05, 4.69) is 16.1 Å². The molecule has 3 heterocycles. The van der Waals surface area contributed by atoms with Gasteiger partial charge in [0.2, 0.25) is 0 Å². The summed E-state index contributed by atoms with van der Waals surface area (Å²) in [5.74, 6) is 1.24. The first-order valence-electron chi connectivity index (χ1n) is 5.05. The van der Waals surface area contributed by atoms with E-state index in [1.807, 2.05) is 18.0 Å². The number of nitrogens with two attached hydrogens (primary N) is 1. The maximum Gasteiger partial charge on any atom is 0.155 e. The molecule has 0 bridgehead atoms. The molecule has 2 aromatic rings. The van der Waals surface area contributed by atoms with Crippen molar-refractivity contribution in [3.8, 4) is 0 Å². The van der Waals surface area contributed by atoms with Crippen LogP contribution in [0.15, 0.2) is 18.5 Å². The quantitative estimate of drug-likeness (QED) is 0.797. The molecule has 2 aromatic heterocycles. The zero-order valence-corrected chi connectivity index (χ0v) is 9.07. The van der Waals surface area contributed by atoms with Gasteiger partial charge in [0.1, 0.15) is 0 Å². The monoisotopic (exact) mass is 220 g/mol. The second kappa shape index (κ2) is 3.41. The molecule has 1 atom stereocenters. The molecular formula is C10H12N4S. The predicted octanol–water partition coefficient (Wildman–Crippen LogP) is 1.88. The number of hydrogen-bond donors (Lipinski definition) is 1. The van der Waals surface area contributed by atoms with Gasteiger partial charge in [-0.25, -0.2) is 9.50 Å². The van der Waals surface area contributed by atoms with Crippen LogP contribution in [0, 0.1) is 0 Å². The van der Waals surface area contributed by atoms with Crippen LogP contribution in [0.2, 0.25) is 0 Å². The van der Waals surface area contributed by atoms with Crippen molar-refractivity contribution in [3.05, 3.63) is 24.2 Å². The average molecular weight is 220 g/mol. The third-order valence-corrected chi connectivity index (χ3v) is 4.02. The molecule has 0 spiro atoms. The van der Waals surface area contributed by atoms with Gasteiger partial charge in [-0.05, 0) is 18.6 Å². The van der Waals surface area contributed by atoms with E-state index in [-0.39, 0.29) is 0 Å². The molecule has 0 saturated carbocycles. The third kappa shape index (κ3) is 1.56. The van der Waals surface area contributed by atoms with Gasteiger partial charge in [0.05, 0.1) is 23.8 Å². The second-order valence-corrected chi connectivity index (χ2v) is 5.07. The maximum absolute atomic E-state index is 5.66. The second-order valence-electron chi connectivity index (χ2n) is 3.76. The molecule has 78 valence electrons. The van der Waals surface area contributed by atoms with Crippen molar-refractivity contribution in [2.24, 2.45) is 0 Å². The first-order valence-corrected chi connectivity index (χ1v) is 6.10. The molecule has 1 aliphatic rings. The van der Waals surface area contributed by atoms with Crippen molar-refractivity contribution >= 4 is 23.1 Å². The molecule has 15 heavy (non-hydrogen) atoms. The SMILES string of the molecule is Nc1cnc2cc(C3CCCS3)nn2c1. The van der Waals surface area contributed by atoms with Crippen LogP contribution in [0.5, 0.6) is 0 Å². The van der Waals surface area contributed by atoms with E-state index in [1.165, 1.54) is 18.6 Å². The topological polar surface area (TPSA) is 56.2 Å². The van der Waals surface area contributed by atoms with Crippen molar-refractivity contribution < 1.29 is 0 Å². The van der Waals surface area contributed by atoms with E-state index in [1.54, 1.807) is 10.7 Å². The minimum Gasteiger partial charge on any atom is -0.396 e. The lowest BCUT2D eigenvalue weighted by molar-refractivity contribution is 0.785. The lowest BCUT2D eigenvalue weighted by Gasteiger charge is -2.01. The number of rotatable bonds is 1. The number of aromatic nitrogens is 3. The van der Waals surface area contributed by atoms with Crippen LogP contribution in [0.1, 0.15) is 23.8 Å². The van der Waals surface area contributed by atoms with E-state index in [9.17, 15) is 0 Å². The highest BCUT2D eigenvalue weighted by Crippen LogP contribution is 2.39. The van der Waals surface area contributed by atoms with E-state index >= 15 is 0 Å². The molecule has 1 unspecified atom stereocenters. The fourth-order valence-electron chi connectivity index (χ4n) is 1.88. The van der Waals surface area contributed by atoms with Crippen LogP contribution in [0.4, 0.5) is 5.69 Å². The molecule has 1 saturated heterocycles. The molecule has 5 heteroatoms. The van der Waals surface area contributed by atoms with Crippen LogP contribution in [0.3, 0.4) is 0 Å². The Balaban J connectivity index is 2.05. The zero-order chi connectivity index (χ0) is 10.3. The molecular weight excluding hydrogens is 208 g/mol. The van der Waals surface area contributed by atoms with Crippen LogP contribution in [0.25, 0.3) is 5.65 Å². The van der Waals surface area contributed by atoms with E-state index in [0.717, 1.165) is 11.3 Å². The summed E-state index contributed by atoms with van der Waals surface area (Å²) in [6, 6.07) is 2.06. The van der Waals surface area contributed by atoms with Crippen molar-refractivity contribution in [1.29, 1.82) is 0 Å². The fraction of sp³-hybridized carbons (Fsp3) is 0.400. The van der Waals surface area contributed by atoms with Crippen molar-refractivity contribution in [3.63, 3.8) is 0 Å². The molecule has 1 aliphatic heterocycles. The minimum atomic E-state index is 0.549. The Morgan fingerprint density at radius 1 is 1.53 bits per heavy atom. The molecule has 1 fully saturated rings. The van der Waals surface area contributed by atoms with Gasteiger partial charge in [0.25, 0.3) is 0 Å². The number of nitrogen functional groups attached to an aromatic ring is 1. The largest absolute Gasteiger partial charge is 0.396 e. The predicted molar refractivity (Wildman–Crippen MR) is 61.8 cm³/mol. The Morgan fingerprint density at radius 2 is 2.47 bits per heavy atom. The highest BCUT2D eigenvalue weighted by Gasteiger charge is 2.20. The highest BCUT2D eigenvalue weighted by atomic mass is 32.2. The molecule has 2 N–H and O–H groups in total. The summed E-state index contributed by atoms with van der Waals surface area (Å²) in [6.07, 6.45) is 6.00. The molecule has 0 aliphatic carbocycles. The molecule has 3 rings (SSSR count). The number of hydrogen-bond acceptors (Lipinski definition) is 4. The summed E-state index contributed by atoms with van der Waals surface area (Å²) in [5, 5.41) is 5.06. The van der Waals surface area contributed by atoms with Gasteiger partial charge in [0, 0.05) is 11.3 Å².